The molecule has 0 bridgehead atoms. The van der Waals surface area contributed by atoms with Crippen molar-refractivity contribution in [2.75, 3.05) is 6.26 Å². The Labute approximate surface area is 66.3 Å². The molecule has 1 aliphatic carbocycles. The monoisotopic (exact) mass is 164 g/mol. The maximum Gasteiger partial charge on any atom is 0.0346 e. The van der Waals surface area contributed by atoms with Gasteiger partial charge in [-0.1, -0.05) is 6.42 Å². The highest BCUT2D eigenvalue weighted by atomic mass is 35.5. The zero-order valence-electron chi connectivity index (χ0n) is 5.77. The van der Waals surface area contributed by atoms with Gasteiger partial charge in [0.15, 0.2) is 0 Å². The average Bonchev–Trinajstić information content (AvgIpc) is 1.88. The van der Waals surface area contributed by atoms with E-state index < -0.39 is 0 Å². The minimum Gasteiger partial charge on any atom is -0.162 e. The lowest BCUT2D eigenvalue weighted by Gasteiger charge is -2.23. The molecule has 1 fully saturated rings. The van der Waals surface area contributed by atoms with Crippen LogP contribution in [0.5, 0.6) is 0 Å². The van der Waals surface area contributed by atoms with Gasteiger partial charge in [-0.15, -0.1) is 11.6 Å². The summed E-state index contributed by atoms with van der Waals surface area (Å²) in [6, 6.07) is 0. The molecule has 0 unspecified atom stereocenters. The number of halogens is 1. The second-order valence-electron chi connectivity index (χ2n) is 2.62. The minimum atomic E-state index is 0.469. The second kappa shape index (κ2) is 3.72. The van der Waals surface area contributed by atoms with Gasteiger partial charge in [0, 0.05) is 10.6 Å². The van der Waals surface area contributed by atoms with Crippen LogP contribution in [0.25, 0.3) is 0 Å². The van der Waals surface area contributed by atoms with Crippen molar-refractivity contribution in [3.05, 3.63) is 0 Å². The Hall–Kier alpha value is 0.640. The molecule has 0 aromatic rings. The van der Waals surface area contributed by atoms with E-state index in [1.165, 1.54) is 25.7 Å². The summed E-state index contributed by atoms with van der Waals surface area (Å²) in [5, 5.41) is 1.32. The van der Waals surface area contributed by atoms with E-state index in [-0.39, 0.29) is 0 Å². The van der Waals surface area contributed by atoms with Gasteiger partial charge >= 0.3 is 0 Å². The normalized spacial score (nSPS) is 36.7. The van der Waals surface area contributed by atoms with E-state index in [1.54, 1.807) is 0 Å². The van der Waals surface area contributed by atoms with E-state index in [9.17, 15) is 0 Å². The number of alkyl halides is 1. The summed E-state index contributed by atoms with van der Waals surface area (Å²) >= 11 is 7.94. The second-order valence-corrected chi connectivity index (χ2v) is 4.38. The van der Waals surface area contributed by atoms with Crippen LogP contribution < -0.4 is 0 Å². The number of hydrogen-bond donors (Lipinski definition) is 0. The lowest BCUT2D eigenvalue weighted by atomic mass is 10.00. The van der Waals surface area contributed by atoms with Crippen molar-refractivity contribution >= 4 is 23.4 Å². The Morgan fingerprint density at radius 1 is 1.44 bits per heavy atom. The summed E-state index contributed by atoms with van der Waals surface area (Å²) in [6.45, 7) is 0. The molecule has 2 atom stereocenters. The Bertz CT molecular complexity index is 85.0. The first-order valence-corrected chi connectivity index (χ1v) is 5.22. The van der Waals surface area contributed by atoms with Crippen molar-refractivity contribution < 1.29 is 0 Å². The van der Waals surface area contributed by atoms with Crippen molar-refractivity contribution in [1.82, 2.24) is 0 Å². The lowest BCUT2D eigenvalue weighted by molar-refractivity contribution is 0.523. The maximum atomic E-state index is 5.98. The van der Waals surface area contributed by atoms with E-state index in [2.05, 4.69) is 6.26 Å². The molecule has 0 N–H and O–H groups in total. The molecule has 0 spiro atoms. The first kappa shape index (κ1) is 7.74. The molecule has 54 valence electrons. The molecule has 0 aromatic carbocycles. The Morgan fingerprint density at radius 3 is 2.67 bits per heavy atom. The summed E-state index contributed by atoms with van der Waals surface area (Å²) in [7, 11) is 0. The molecular formula is C7H13ClS. The van der Waals surface area contributed by atoms with Gasteiger partial charge in [0.1, 0.15) is 0 Å². The molecular weight excluding hydrogens is 152 g/mol. The zero-order chi connectivity index (χ0) is 6.69. The van der Waals surface area contributed by atoms with Crippen LogP contribution in [-0.2, 0) is 0 Å². The first-order valence-electron chi connectivity index (χ1n) is 3.50. The molecule has 0 amide bonds. The Kier molecular flexibility index (Phi) is 3.20. The number of rotatable bonds is 1. The SMILES string of the molecule is CS[C@@H]1CCC[C@H](Cl)C1. The third-order valence-corrected chi connectivity index (χ3v) is 3.39. The van der Waals surface area contributed by atoms with Crippen LogP contribution in [0.1, 0.15) is 25.7 Å². The van der Waals surface area contributed by atoms with Crippen LogP contribution in [-0.4, -0.2) is 16.9 Å². The van der Waals surface area contributed by atoms with Crippen molar-refractivity contribution in [3.8, 4) is 0 Å². The fourth-order valence-electron chi connectivity index (χ4n) is 1.30. The van der Waals surface area contributed by atoms with E-state index >= 15 is 0 Å². The van der Waals surface area contributed by atoms with Crippen molar-refractivity contribution in [3.63, 3.8) is 0 Å². The number of thioether (sulfide) groups is 1. The van der Waals surface area contributed by atoms with Crippen LogP contribution in [0.4, 0.5) is 0 Å². The third kappa shape index (κ3) is 2.38. The van der Waals surface area contributed by atoms with E-state index in [1.807, 2.05) is 11.8 Å². The molecule has 1 aliphatic rings. The summed E-state index contributed by atoms with van der Waals surface area (Å²) < 4.78 is 0. The fraction of sp³-hybridized carbons (Fsp3) is 1.00. The topological polar surface area (TPSA) is 0 Å². The molecule has 2 heteroatoms. The van der Waals surface area contributed by atoms with Crippen molar-refractivity contribution in [1.29, 1.82) is 0 Å². The summed E-state index contributed by atoms with van der Waals surface area (Å²) in [4.78, 5) is 0. The standard InChI is InChI=1S/C7H13ClS/c1-9-7-4-2-3-6(8)5-7/h6-7H,2-5H2,1H3/t6-,7+/m0/s1. The van der Waals surface area contributed by atoms with Gasteiger partial charge in [0.05, 0.1) is 0 Å². The fourth-order valence-corrected chi connectivity index (χ4v) is 2.60. The zero-order valence-corrected chi connectivity index (χ0v) is 7.34. The molecule has 9 heavy (non-hydrogen) atoms. The molecule has 0 nitrogen and oxygen atoms in total. The maximum absolute atomic E-state index is 5.98. The molecule has 1 saturated carbocycles. The quantitative estimate of drug-likeness (QED) is 0.538. The van der Waals surface area contributed by atoms with E-state index in [4.69, 9.17) is 11.6 Å². The van der Waals surface area contributed by atoms with E-state index in [0.29, 0.717) is 5.38 Å². The van der Waals surface area contributed by atoms with Gasteiger partial charge in [-0.2, -0.15) is 11.8 Å². The summed E-state index contributed by atoms with van der Waals surface area (Å²) in [6.07, 6.45) is 7.35. The Morgan fingerprint density at radius 2 is 2.22 bits per heavy atom. The smallest absolute Gasteiger partial charge is 0.0346 e. The van der Waals surface area contributed by atoms with Crippen LogP contribution in [0, 0.1) is 0 Å². The summed E-state index contributed by atoms with van der Waals surface area (Å²) in [5.41, 5.74) is 0. The largest absolute Gasteiger partial charge is 0.162 e. The Balaban J connectivity index is 2.23. The highest BCUT2D eigenvalue weighted by molar-refractivity contribution is 7.99. The number of hydrogen-bond acceptors (Lipinski definition) is 1. The third-order valence-electron chi connectivity index (χ3n) is 1.90. The molecule has 1 rings (SSSR count). The molecule has 0 radical (unpaired) electrons. The van der Waals surface area contributed by atoms with Gasteiger partial charge in [-0.3, -0.25) is 0 Å². The molecule has 0 aromatic heterocycles. The summed E-state index contributed by atoms with van der Waals surface area (Å²) in [5.74, 6) is 0. The van der Waals surface area contributed by atoms with Crippen LogP contribution in [0.15, 0.2) is 0 Å². The van der Waals surface area contributed by atoms with Gasteiger partial charge < -0.3 is 0 Å². The van der Waals surface area contributed by atoms with Gasteiger partial charge in [0.2, 0.25) is 0 Å². The predicted molar refractivity (Wildman–Crippen MR) is 45.4 cm³/mol. The highest BCUT2D eigenvalue weighted by Crippen LogP contribution is 2.29. The van der Waals surface area contributed by atoms with Crippen molar-refractivity contribution in [2.45, 2.75) is 36.3 Å². The van der Waals surface area contributed by atoms with Crippen molar-refractivity contribution in [2.24, 2.45) is 0 Å². The molecule has 0 aliphatic heterocycles. The first-order chi connectivity index (χ1) is 4.33. The van der Waals surface area contributed by atoms with E-state index in [0.717, 1.165) is 5.25 Å². The molecule has 0 heterocycles. The van der Waals surface area contributed by atoms with Crippen LogP contribution >= 0.6 is 23.4 Å². The molecule has 0 saturated heterocycles. The highest BCUT2D eigenvalue weighted by Gasteiger charge is 2.18. The minimum absolute atomic E-state index is 0.469. The average molecular weight is 165 g/mol. The van der Waals surface area contributed by atoms with Gasteiger partial charge in [-0.05, 0) is 25.5 Å². The lowest BCUT2D eigenvalue weighted by Crippen LogP contribution is -2.16. The van der Waals surface area contributed by atoms with Crippen LogP contribution in [0.2, 0.25) is 0 Å². The predicted octanol–water partition coefficient (Wildman–Crippen LogP) is 2.90. The van der Waals surface area contributed by atoms with Gasteiger partial charge in [-0.25, -0.2) is 0 Å². The van der Waals surface area contributed by atoms with Gasteiger partial charge in [0.25, 0.3) is 0 Å². The van der Waals surface area contributed by atoms with Crippen LogP contribution in [0.3, 0.4) is 0 Å².